The summed E-state index contributed by atoms with van der Waals surface area (Å²) < 4.78 is 21.7. The van der Waals surface area contributed by atoms with Gasteiger partial charge in [0.05, 0.1) is 19.1 Å². The number of methoxy groups -OCH3 is 1. The van der Waals surface area contributed by atoms with E-state index in [1.54, 1.807) is 19.2 Å². The van der Waals surface area contributed by atoms with E-state index in [1.807, 2.05) is 60.0 Å². The molecule has 35 heavy (non-hydrogen) atoms. The van der Waals surface area contributed by atoms with E-state index in [1.165, 1.54) is 24.0 Å². The highest BCUT2D eigenvalue weighted by Gasteiger charge is 2.17. The molecule has 0 radical (unpaired) electrons. The Morgan fingerprint density at radius 2 is 1.89 bits per heavy atom. The van der Waals surface area contributed by atoms with Gasteiger partial charge in [-0.2, -0.15) is 5.10 Å². The number of carbonyl (C=O) groups is 1. The summed E-state index contributed by atoms with van der Waals surface area (Å²) in [5, 5.41) is 13.1. The third-order valence-electron chi connectivity index (χ3n) is 4.96. The van der Waals surface area contributed by atoms with E-state index in [0.29, 0.717) is 15.5 Å². The summed E-state index contributed by atoms with van der Waals surface area (Å²) in [7, 11) is 1.61. The van der Waals surface area contributed by atoms with Gasteiger partial charge in [-0.1, -0.05) is 57.5 Å². The average Bonchev–Trinajstić information content (AvgIpc) is 3.29. The van der Waals surface area contributed by atoms with Crippen molar-refractivity contribution in [3.63, 3.8) is 0 Å². The summed E-state index contributed by atoms with van der Waals surface area (Å²) >= 11 is 4.50. The molecule has 10 heteroatoms. The van der Waals surface area contributed by atoms with E-state index in [0.717, 1.165) is 22.6 Å². The van der Waals surface area contributed by atoms with Gasteiger partial charge in [0.1, 0.15) is 11.6 Å². The Balaban J connectivity index is 1.52. The topological polar surface area (TPSA) is 81.4 Å². The van der Waals surface area contributed by atoms with E-state index in [4.69, 9.17) is 4.74 Å². The van der Waals surface area contributed by atoms with Gasteiger partial charge in [-0.25, -0.2) is 9.82 Å². The van der Waals surface area contributed by atoms with Crippen molar-refractivity contribution in [3.8, 4) is 22.8 Å². The highest BCUT2D eigenvalue weighted by atomic mass is 79.9. The summed E-state index contributed by atoms with van der Waals surface area (Å²) in [4.78, 5) is 12.4. The third-order valence-corrected chi connectivity index (χ3v) is 6.38. The van der Waals surface area contributed by atoms with E-state index in [-0.39, 0.29) is 17.2 Å². The van der Waals surface area contributed by atoms with Gasteiger partial charge in [0.25, 0.3) is 5.91 Å². The van der Waals surface area contributed by atoms with Crippen LogP contribution in [-0.2, 0) is 4.79 Å². The van der Waals surface area contributed by atoms with E-state index < -0.39 is 5.82 Å². The summed E-state index contributed by atoms with van der Waals surface area (Å²) in [6, 6.07) is 20.0. The van der Waals surface area contributed by atoms with Crippen LogP contribution < -0.4 is 10.2 Å². The summed E-state index contributed by atoms with van der Waals surface area (Å²) in [5.74, 6) is 0.633. The second kappa shape index (κ2) is 11.3. The number of hydrogen-bond donors (Lipinski definition) is 1. The number of nitrogens with zero attached hydrogens (tertiary/aromatic N) is 4. The molecular formula is C25H21BrFN5O2S. The number of ether oxygens (including phenoxy) is 1. The van der Waals surface area contributed by atoms with Crippen LogP contribution in [0.15, 0.2) is 81.5 Å². The summed E-state index contributed by atoms with van der Waals surface area (Å²) in [6.07, 6.45) is 1.26. The molecule has 0 aliphatic rings. The maximum absolute atomic E-state index is 13.8. The zero-order valence-corrected chi connectivity index (χ0v) is 21.3. The van der Waals surface area contributed by atoms with Crippen molar-refractivity contribution in [2.45, 2.75) is 12.1 Å². The Hall–Kier alpha value is -3.50. The monoisotopic (exact) mass is 553 g/mol. The molecule has 0 saturated carbocycles. The fraction of sp³-hybridized carbons (Fsp3) is 0.120. The van der Waals surface area contributed by atoms with Crippen LogP contribution in [0.1, 0.15) is 11.1 Å². The Bertz CT molecular complexity index is 1360. The molecule has 4 aromatic rings. The number of benzene rings is 3. The number of nitrogens with one attached hydrogen (secondary N) is 1. The Morgan fingerprint density at radius 3 is 2.60 bits per heavy atom. The molecule has 0 bridgehead atoms. The van der Waals surface area contributed by atoms with Crippen molar-refractivity contribution in [1.82, 2.24) is 20.2 Å². The van der Waals surface area contributed by atoms with Crippen molar-refractivity contribution in [3.05, 3.63) is 88.1 Å². The molecular weight excluding hydrogens is 533 g/mol. The molecule has 178 valence electrons. The van der Waals surface area contributed by atoms with Gasteiger partial charge in [-0.05, 0) is 49.4 Å². The second-order valence-electron chi connectivity index (χ2n) is 7.45. The molecule has 0 fully saturated rings. The Labute approximate surface area is 214 Å². The number of rotatable bonds is 8. The lowest BCUT2D eigenvalue weighted by Gasteiger charge is -2.11. The van der Waals surface area contributed by atoms with Crippen molar-refractivity contribution in [2.24, 2.45) is 5.10 Å². The van der Waals surface area contributed by atoms with Gasteiger partial charge in [-0.15, -0.1) is 10.2 Å². The number of hydrogen-bond acceptors (Lipinski definition) is 6. The van der Waals surface area contributed by atoms with Crippen LogP contribution in [0, 0.1) is 12.7 Å². The standard InChI is InChI=1S/C25H21BrFN5O2S/c1-16-3-5-17(6-4-16)24-30-31-25(32(24)20-8-10-21(34-2)11-9-20)35-15-23(33)29-28-14-18-13-19(26)7-12-22(18)27/h3-14H,15H2,1-2H3,(H,29,33)/b28-14+. The third kappa shape index (κ3) is 6.14. The van der Waals surface area contributed by atoms with Crippen LogP contribution in [0.2, 0.25) is 0 Å². The highest BCUT2D eigenvalue weighted by Crippen LogP contribution is 2.29. The first-order chi connectivity index (χ1) is 16.9. The number of amides is 1. The zero-order chi connectivity index (χ0) is 24.8. The molecule has 3 aromatic carbocycles. The van der Waals surface area contributed by atoms with Crippen LogP contribution in [0.5, 0.6) is 5.75 Å². The predicted molar refractivity (Wildman–Crippen MR) is 139 cm³/mol. The molecule has 0 saturated heterocycles. The van der Waals surface area contributed by atoms with Gasteiger partial charge < -0.3 is 4.74 Å². The van der Waals surface area contributed by atoms with Crippen LogP contribution in [-0.4, -0.2) is 39.7 Å². The number of aromatic nitrogens is 3. The fourth-order valence-corrected chi connectivity index (χ4v) is 4.29. The van der Waals surface area contributed by atoms with Crippen LogP contribution in [0.25, 0.3) is 17.1 Å². The van der Waals surface area contributed by atoms with E-state index in [2.05, 4.69) is 36.7 Å². The van der Waals surface area contributed by atoms with Crippen molar-refractivity contribution in [1.29, 1.82) is 0 Å². The molecule has 0 unspecified atom stereocenters. The zero-order valence-electron chi connectivity index (χ0n) is 18.9. The van der Waals surface area contributed by atoms with E-state index >= 15 is 0 Å². The lowest BCUT2D eigenvalue weighted by molar-refractivity contribution is -0.118. The Kier molecular flexibility index (Phi) is 7.94. The lowest BCUT2D eigenvalue weighted by Crippen LogP contribution is -2.20. The minimum atomic E-state index is -0.434. The molecule has 7 nitrogen and oxygen atoms in total. The molecule has 0 aliphatic carbocycles. The molecule has 1 aromatic heterocycles. The first-order valence-electron chi connectivity index (χ1n) is 10.5. The minimum Gasteiger partial charge on any atom is -0.497 e. The molecule has 1 amide bonds. The maximum Gasteiger partial charge on any atom is 0.250 e. The Morgan fingerprint density at radius 1 is 1.14 bits per heavy atom. The molecule has 1 N–H and O–H groups in total. The molecule has 0 spiro atoms. The van der Waals surface area contributed by atoms with Crippen molar-refractivity contribution in [2.75, 3.05) is 12.9 Å². The van der Waals surface area contributed by atoms with Gasteiger partial charge in [0.15, 0.2) is 11.0 Å². The van der Waals surface area contributed by atoms with Crippen LogP contribution >= 0.6 is 27.7 Å². The fourth-order valence-electron chi connectivity index (χ4n) is 3.17. The van der Waals surface area contributed by atoms with Crippen LogP contribution in [0.3, 0.4) is 0 Å². The van der Waals surface area contributed by atoms with Gasteiger partial charge in [-0.3, -0.25) is 9.36 Å². The molecule has 4 rings (SSSR count). The van der Waals surface area contributed by atoms with Crippen molar-refractivity contribution >= 4 is 39.8 Å². The van der Waals surface area contributed by atoms with E-state index in [9.17, 15) is 9.18 Å². The first kappa shape index (κ1) is 24.6. The van der Waals surface area contributed by atoms with Gasteiger partial charge in [0, 0.05) is 21.3 Å². The quantitative estimate of drug-likeness (QED) is 0.179. The number of thioether (sulfide) groups is 1. The number of hydrazone groups is 1. The highest BCUT2D eigenvalue weighted by molar-refractivity contribution is 9.10. The second-order valence-corrected chi connectivity index (χ2v) is 9.31. The maximum atomic E-state index is 13.8. The first-order valence-corrected chi connectivity index (χ1v) is 12.3. The largest absolute Gasteiger partial charge is 0.497 e. The minimum absolute atomic E-state index is 0.0422. The normalized spacial score (nSPS) is 11.1. The molecule has 1 heterocycles. The number of halogens is 2. The molecule has 0 atom stereocenters. The predicted octanol–water partition coefficient (Wildman–Crippen LogP) is 5.40. The molecule has 0 aliphatic heterocycles. The van der Waals surface area contributed by atoms with Gasteiger partial charge >= 0.3 is 0 Å². The summed E-state index contributed by atoms with van der Waals surface area (Å²) in [5.41, 5.74) is 5.55. The smallest absolute Gasteiger partial charge is 0.250 e. The average molecular weight is 554 g/mol. The van der Waals surface area contributed by atoms with Crippen LogP contribution in [0.4, 0.5) is 4.39 Å². The SMILES string of the molecule is COc1ccc(-n2c(SCC(=O)N/N=C/c3cc(Br)ccc3F)nnc2-c2ccc(C)cc2)cc1. The van der Waals surface area contributed by atoms with Crippen molar-refractivity contribution < 1.29 is 13.9 Å². The number of carbonyl (C=O) groups excluding carboxylic acids is 1. The summed E-state index contributed by atoms with van der Waals surface area (Å²) in [6.45, 7) is 2.02. The van der Waals surface area contributed by atoms with Gasteiger partial charge in [0.2, 0.25) is 0 Å². The number of aryl methyl sites for hydroxylation is 1. The lowest BCUT2D eigenvalue weighted by atomic mass is 10.1.